The Kier molecular flexibility index (Phi) is 5.09. The first-order valence-electron chi connectivity index (χ1n) is 6.09. The van der Waals surface area contributed by atoms with E-state index in [1.54, 1.807) is 0 Å². The normalized spacial score (nSPS) is 21.3. The zero-order valence-electron chi connectivity index (χ0n) is 10.3. The molecule has 0 aromatic heterocycles. The molecule has 1 aliphatic heterocycles. The summed E-state index contributed by atoms with van der Waals surface area (Å²) >= 11 is 0. The van der Waals surface area contributed by atoms with Gasteiger partial charge in [-0.15, -0.1) is 0 Å². The Morgan fingerprint density at radius 3 is 2.60 bits per heavy atom. The maximum absolute atomic E-state index is 11.6. The lowest BCUT2D eigenvalue weighted by Gasteiger charge is -2.29. The van der Waals surface area contributed by atoms with E-state index >= 15 is 0 Å². The van der Waals surface area contributed by atoms with E-state index in [0.717, 1.165) is 32.4 Å². The maximum atomic E-state index is 11.6. The summed E-state index contributed by atoms with van der Waals surface area (Å²) in [5, 5.41) is 3.14. The molecule has 0 spiro atoms. The van der Waals surface area contributed by atoms with Crippen LogP contribution in [0.4, 0.5) is 0 Å². The molecular formula is C12H24N2O. The predicted octanol–water partition coefficient (Wildman–Crippen LogP) is 1.63. The summed E-state index contributed by atoms with van der Waals surface area (Å²) in [5.74, 6) is 0.746. The molecule has 0 aliphatic carbocycles. The van der Waals surface area contributed by atoms with Gasteiger partial charge in [0.1, 0.15) is 0 Å². The molecule has 1 atom stereocenters. The lowest BCUT2D eigenvalue weighted by atomic mass is 10.0. The Bertz CT molecular complexity index is 198. The van der Waals surface area contributed by atoms with Crippen molar-refractivity contribution in [2.45, 2.75) is 45.6 Å². The van der Waals surface area contributed by atoms with Crippen LogP contribution in [0.5, 0.6) is 0 Å². The van der Waals surface area contributed by atoms with Crippen LogP contribution in [-0.4, -0.2) is 37.0 Å². The molecule has 0 bridgehead atoms. The molecule has 1 unspecified atom stereocenters. The monoisotopic (exact) mass is 212 g/mol. The number of likely N-dealkylation sites (tertiary alicyclic amines) is 1. The van der Waals surface area contributed by atoms with E-state index in [0.29, 0.717) is 18.4 Å². The lowest BCUT2D eigenvalue weighted by Crippen LogP contribution is -2.43. The Hall–Kier alpha value is -0.570. The molecule has 0 saturated carbocycles. The van der Waals surface area contributed by atoms with Crippen LogP contribution in [0.15, 0.2) is 0 Å². The first-order chi connectivity index (χ1) is 7.11. The number of hydrogen-bond acceptors (Lipinski definition) is 2. The van der Waals surface area contributed by atoms with Gasteiger partial charge in [-0.05, 0) is 38.9 Å². The van der Waals surface area contributed by atoms with Gasteiger partial charge >= 0.3 is 0 Å². The average Bonchev–Trinajstić information content (AvgIpc) is 2.21. The van der Waals surface area contributed by atoms with Crippen LogP contribution in [0.25, 0.3) is 0 Å². The van der Waals surface area contributed by atoms with Gasteiger partial charge in [0.25, 0.3) is 0 Å². The van der Waals surface area contributed by atoms with E-state index in [-0.39, 0.29) is 5.91 Å². The number of rotatable bonds is 4. The van der Waals surface area contributed by atoms with Crippen molar-refractivity contribution >= 4 is 5.91 Å². The first-order valence-corrected chi connectivity index (χ1v) is 6.09. The predicted molar refractivity (Wildman–Crippen MR) is 62.7 cm³/mol. The Balaban J connectivity index is 2.20. The molecule has 3 heteroatoms. The minimum Gasteiger partial charge on any atom is -0.353 e. The van der Waals surface area contributed by atoms with Gasteiger partial charge in [-0.25, -0.2) is 0 Å². The minimum atomic E-state index is 0.235. The van der Waals surface area contributed by atoms with Gasteiger partial charge in [0.05, 0.1) is 0 Å². The van der Waals surface area contributed by atoms with Crippen molar-refractivity contribution in [3.8, 4) is 0 Å². The molecule has 88 valence electrons. The summed E-state index contributed by atoms with van der Waals surface area (Å²) in [6, 6.07) is 0.415. The molecule has 0 aromatic rings. The van der Waals surface area contributed by atoms with Gasteiger partial charge in [0.2, 0.25) is 5.91 Å². The highest BCUT2D eigenvalue weighted by atomic mass is 16.1. The zero-order valence-corrected chi connectivity index (χ0v) is 10.3. The van der Waals surface area contributed by atoms with Crippen molar-refractivity contribution in [2.24, 2.45) is 5.92 Å². The largest absolute Gasteiger partial charge is 0.353 e. The smallest absolute Gasteiger partial charge is 0.220 e. The molecule has 1 heterocycles. The standard InChI is InChI=1S/C12H24N2O/c1-4-10(2)9-12(15)13-11-5-7-14(3)8-6-11/h10-11H,4-9H2,1-3H3,(H,13,15). The van der Waals surface area contributed by atoms with Gasteiger partial charge < -0.3 is 10.2 Å². The summed E-state index contributed by atoms with van der Waals surface area (Å²) in [4.78, 5) is 14.0. The maximum Gasteiger partial charge on any atom is 0.220 e. The second-order valence-electron chi connectivity index (χ2n) is 4.86. The number of nitrogens with one attached hydrogen (secondary N) is 1. The summed E-state index contributed by atoms with van der Waals surface area (Å²) in [5.41, 5.74) is 0. The number of carbonyl (C=O) groups excluding carboxylic acids is 1. The SMILES string of the molecule is CCC(C)CC(=O)NC1CCN(C)CC1. The highest BCUT2D eigenvalue weighted by molar-refractivity contribution is 5.76. The van der Waals surface area contributed by atoms with Crippen LogP contribution in [0.2, 0.25) is 0 Å². The van der Waals surface area contributed by atoms with Crippen molar-refractivity contribution in [3.63, 3.8) is 0 Å². The molecule has 1 amide bonds. The van der Waals surface area contributed by atoms with E-state index in [9.17, 15) is 4.79 Å². The van der Waals surface area contributed by atoms with Crippen LogP contribution in [0.3, 0.4) is 0 Å². The average molecular weight is 212 g/mol. The van der Waals surface area contributed by atoms with Gasteiger partial charge in [0, 0.05) is 12.5 Å². The molecular weight excluding hydrogens is 188 g/mol. The van der Waals surface area contributed by atoms with Crippen LogP contribution in [0, 0.1) is 5.92 Å². The Morgan fingerprint density at radius 1 is 1.47 bits per heavy atom. The highest BCUT2D eigenvalue weighted by Crippen LogP contribution is 2.10. The third-order valence-electron chi connectivity index (χ3n) is 3.31. The van der Waals surface area contributed by atoms with Crippen LogP contribution in [-0.2, 0) is 4.79 Å². The van der Waals surface area contributed by atoms with Gasteiger partial charge in [-0.3, -0.25) is 4.79 Å². The lowest BCUT2D eigenvalue weighted by molar-refractivity contribution is -0.122. The fraction of sp³-hybridized carbons (Fsp3) is 0.917. The van der Waals surface area contributed by atoms with Crippen molar-refractivity contribution in [3.05, 3.63) is 0 Å². The summed E-state index contributed by atoms with van der Waals surface area (Å²) < 4.78 is 0. The second-order valence-corrected chi connectivity index (χ2v) is 4.86. The van der Waals surface area contributed by atoms with Gasteiger partial charge in [-0.1, -0.05) is 20.3 Å². The van der Waals surface area contributed by atoms with E-state index < -0.39 is 0 Å². The van der Waals surface area contributed by atoms with E-state index in [1.807, 2.05) is 0 Å². The third-order valence-corrected chi connectivity index (χ3v) is 3.31. The quantitative estimate of drug-likeness (QED) is 0.768. The van der Waals surface area contributed by atoms with E-state index in [1.165, 1.54) is 0 Å². The molecule has 1 N–H and O–H groups in total. The first kappa shape index (κ1) is 12.5. The van der Waals surface area contributed by atoms with Crippen LogP contribution < -0.4 is 5.32 Å². The van der Waals surface area contributed by atoms with Crippen molar-refractivity contribution < 1.29 is 4.79 Å². The molecule has 1 saturated heterocycles. The highest BCUT2D eigenvalue weighted by Gasteiger charge is 2.18. The topological polar surface area (TPSA) is 32.3 Å². The molecule has 15 heavy (non-hydrogen) atoms. The fourth-order valence-electron chi connectivity index (χ4n) is 1.90. The number of hydrogen-bond donors (Lipinski definition) is 1. The van der Waals surface area contributed by atoms with E-state index in [2.05, 4.69) is 31.1 Å². The van der Waals surface area contributed by atoms with Gasteiger partial charge in [-0.2, -0.15) is 0 Å². The van der Waals surface area contributed by atoms with Crippen molar-refractivity contribution in [1.82, 2.24) is 10.2 Å². The molecule has 3 nitrogen and oxygen atoms in total. The minimum absolute atomic E-state index is 0.235. The number of amides is 1. The Morgan fingerprint density at radius 2 is 2.07 bits per heavy atom. The summed E-state index contributed by atoms with van der Waals surface area (Å²) in [7, 11) is 2.14. The molecule has 0 aromatic carbocycles. The summed E-state index contributed by atoms with van der Waals surface area (Å²) in [6.07, 6.45) is 3.97. The Labute approximate surface area is 93.2 Å². The molecule has 1 rings (SSSR count). The summed E-state index contributed by atoms with van der Waals surface area (Å²) in [6.45, 7) is 6.48. The molecule has 1 fully saturated rings. The number of carbonyl (C=O) groups is 1. The third kappa shape index (κ3) is 4.65. The molecule has 0 radical (unpaired) electrons. The van der Waals surface area contributed by atoms with Crippen LogP contribution >= 0.6 is 0 Å². The van der Waals surface area contributed by atoms with Crippen LogP contribution in [0.1, 0.15) is 39.5 Å². The number of nitrogens with zero attached hydrogens (tertiary/aromatic N) is 1. The molecule has 1 aliphatic rings. The number of piperidine rings is 1. The van der Waals surface area contributed by atoms with E-state index in [4.69, 9.17) is 0 Å². The fourth-order valence-corrected chi connectivity index (χ4v) is 1.90. The zero-order chi connectivity index (χ0) is 11.3. The second kappa shape index (κ2) is 6.11. The van der Waals surface area contributed by atoms with Crippen molar-refractivity contribution in [2.75, 3.05) is 20.1 Å². The van der Waals surface area contributed by atoms with Gasteiger partial charge in [0.15, 0.2) is 0 Å². The van der Waals surface area contributed by atoms with Crippen molar-refractivity contribution in [1.29, 1.82) is 0 Å².